The second kappa shape index (κ2) is 5.96. The Balaban J connectivity index is 1.29. The molecule has 29 heavy (non-hydrogen) atoms. The van der Waals surface area contributed by atoms with Crippen LogP contribution in [0.4, 0.5) is 13.2 Å². The zero-order valence-electron chi connectivity index (χ0n) is 14.6. The van der Waals surface area contributed by atoms with Crippen LogP contribution < -0.4 is 5.32 Å². The molecule has 5 rings (SSSR count). The summed E-state index contributed by atoms with van der Waals surface area (Å²) in [5, 5.41) is 24.8. The number of carbonyl (C=O) groups is 1. The van der Waals surface area contributed by atoms with E-state index in [4.69, 9.17) is 11.6 Å². The van der Waals surface area contributed by atoms with Crippen molar-refractivity contribution in [1.82, 2.24) is 20.7 Å². The standard InChI is InChI=1S/C18H14ClF3N4O3/c19-7-1-11(10-6-23-25-12(10)2-7)17(28)4-8-9(5-17)15(8)24-16(27)13-3-14(26-29-13)18(20,21)22/h1-3,6,8-9,15,28H,4-5H2,(H,23,25)(H,24,27)/t8-,9+,15+,17-. The molecular weight excluding hydrogens is 413 g/mol. The van der Waals surface area contributed by atoms with Crippen molar-refractivity contribution < 1.29 is 27.6 Å². The number of aromatic nitrogens is 3. The highest BCUT2D eigenvalue weighted by Gasteiger charge is 2.62. The number of amides is 1. The average molecular weight is 427 g/mol. The number of halogens is 4. The summed E-state index contributed by atoms with van der Waals surface area (Å²) in [7, 11) is 0. The molecule has 2 heterocycles. The molecular formula is C18H14ClF3N4O3. The Labute approximate surface area is 166 Å². The summed E-state index contributed by atoms with van der Waals surface area (Å²) in [6.07, 6.45) is -2.25. The molecule has 2 fully saturated rings. The molecule has 2 saturated carbocycles. The van der Waals surface area contributed by atoms with E-state index >= 15 is 0 Å². The first-order chi connectivity index (χ1) is 13.7. The minimum Gasteiger partial charge on any atom is -0.385 e. The highest BCUT2D eigenvalue weighted by Crippen LogP contribution is 2.60. The Hall–Kier alpha value is -2.59. The third-order valence-corrected chi connectivity index (χ3v) is 6.04. The van der Waals surface area contributed by atoms with Gasteiger partial charge in [-0.15, -0.1) is 0 Å². The molecule has 3 N–H and O–H groups in total. The Morgan fingerprint density at radius 3 is 2.69 bits per heavy atom. The number of nitrogens with one attached hydrogen (secondary N) is 2. The second-order valence-corrected chi connectivity index (χ2v) is 8.06. The van der Waals surface area contributed by atoms with Crippen LogP contribution in [0.1, 0.15) is 34.7 Å². The van der Waals surface area contributed by atoms with Crippen molar-refractivity contribution >= 4 is 28.4 Å². The maximum atomic E-state index is 12.6. The number of fused-ring (bicyclic) bond motifs is 2. The summed E-state index contributed by atoms with van der Waals surface area (Å²) >= 11 is 6.16. The minimum absolute atomic E-state index is 0.00916. The fraction of sp³-hybridized carbons (Fsp3) is 0.389. The Kier molecular flexibility index (Phi) is 3.79. The first kappa shape index (κ1) is 18.4. The number of aromatic amines is 1. The van der Waals surface area contributed by atoms with E-state index < -0.39 is 29.1 Å². The lowest BCUT2D eigenvalue weighted by Gasteiger charge is -2.27. The lowest BCUT2D eigenvalue weighted by molar-refractivity contribution is -0.142. The number of rotatable bonds is 3. The Morgan fingerprint density at radius 1 is 1.31 bits per heavy atom. The number of benzene rings is 1. The number of nitrogens with zero attached hydrogens (tertiary/aromatic N) is 2. The van der Waals surface area contributed by atoms with Gasteiger partial charge in [-0.2, -0.15) is 18.3 Å². The van der Waals surface area contributed by atoms with Gasteiger partial charge in [-0.3, -0.25) is 9.89 Å². The normalized spacial score (nSPS) is 28.5. The third-order valence-electron chi connectivity index (χ3n) is 5.83. The number of H-pyrrole nitrogens is 1. The summed E-state index contributed by atoms with van der Waals surface area (Å²) < 4.78 is 42.3. The topological polar surface area (TPSA) is 104 Å². The van der Waals surface area contributed by atoms with E-state index in [1.165, 1.54) is 0 Å². The maximum absolute atomic E-state index is 12.6. The van der Waals surface area contributed by atoms with Gasteiger partial charge >= 0.3 is 6.18 Å². The van der Waals surface area contributed by atoms with Gasteiger partial charge in [0.1, 0.15) is 0 Å². The fourth-order valence-corrected chi connectivity index (χ4v) is 4.66. The average Bonchev–Trinajstić information content (AvgIpc) is 3.16. The highest BCUT2D eigenvalue weighted by molar-refractivity contribution is 6.31. The van der Waals surface area contributed by atoms with E-state index in [0.29, 0.717) is 29.5 Å². The van der Waals surface area contributed by atoms with E-state index in [9.17, 15) is 23.1 Å². The fourth-order valence-electron chi connectivity index (χ4n) is 4.44. The van der Waals surface area contributed by atoms with Gasteiger partial charge in [0.2, 0.25) is 5.76 Å². The van der Waals surface area contributed by atoms with Gasteiger partial charge in [0.15, 0.2) is 5.69 Å². The summed E-state index contributed by atoms with van der Waals surface area (Å²) in [6.45, 7) is 0. The Morgan fingerprint density at radius 2 is 2.03 bits per heavy atom. The van der Waals surface area contributed by atoms with Gasteiger partial charge in [-0.1, -0.05) is 16.8 Å². The largest absolute Gasteiger partial charge is 0.436 e. The molecule has 3 aromatic rings. The smallest absolute Gasteiger partial charge is 0.385 e. The molecule has 2 aliphatic rings. The molecule has 0 radical (unpaired) electrons. The van der Waals surface area contributed by atoms with Crippen LogP contribution in [0.3, 0.4) is 0 Å². The van der Waals surface area contributed by atoms with Crippen LogP contribution in [0.2, 0.25) is 5.02 Å². The van der Waals surface area contributed by atoms with Crippen molar-refractivity contribution in [2.24, 2.45) is 11.8 Å². The van der Waals surface area contributed by atoms with Gasteiger partial charge in [-0.05, 0) is 42.4 Å². The van der Waals surface area contributed by atoms with Gasteiger partial charge in [0, 0.05) is 22.5 Å². The van der Waals surface area contributed by atoms with Crippen LogP contribution in [0.25, 0.3) is 10.9 Å². The number of hydrogen-bond donors (Lipinski definition) is 3. The summed E-state index contributed by atoms with van der Waals surface area (Å²) in [4.78, 5) is 12.2. The molecule has 1 amide bonds. The summed E-state index contributed by atoms with van der Waals surface area (Å²) in [5.41, 5.74) is -0.967. The van der Waals surface area contributed by atoms with E-state index in [1.54, 1.807) is 18.3 Å². The van der Waals surface area contributed by atoms with Crippen molar-refractivity contribution in [1.29, 1.82) is 0 Å². The maximum Gasteiger partial charge on any atom is 0.436 e. The van der Waals surface area contributed by atoms with E-state index in [2.05, 4.69) is 25.2 Å². The van der Waals surface area contributed by atoms with Crippen molar-refractivity contribution in [2.45, 2.75) is 30.7 Å². The van der Waals surface area contributed by atoms with Crippen molar-refractivity contribution in [2.75, 3.05) is 0 Å². The second-order valence-electron chi connectivity index (χ2n) is 7.63. The molecule has 0 saturated heterocycles. The van der Waals surface area contributed by atoms with Crippen LogP contribution in [0.15, 0.2) is 28.9 Å². The molecule has 0 bridgehead atoms. The number of hydrogen-bond acceptors (Lipinski definition) is 5. The predicted octanol–water partition coefficient (Wildman–Crippen LogP) is 3.25. The molecule has 4 atom stereocenters. The first-order valence-corrected chi connectivity index (χ1v) is 9.24. The molecule has 2 aromatic heterocycles. The van der Waals surface area contributed by atoms with E-state index in [0.717, 1.165) is 10.9 Å². The summed E-state index contributed by atoms with van der Waals surface area (Å²) in [6, 6.07) is 3.78. The van der Waals surface area contributed by atoms with Crippen LogP contribution in [-0.4, -0.2) is 32.4 Å². The van der Waals surface area contributed by atoms with Crippen molar-refractivity contribution in [3.05, 3.63) is 46.4 Å². The highest BCUT2D eigenvalue weighted by atomic mass is 35.5. The van der Waals surface area contributed by atoms with Gasteiger partial charge < -0.3 is 14.9 Å². The lowest BCUT2D eigenvalue weighted by Crippen LogP contribution is -2.33. The Bertz CT molecular complexity index is 1110. The van der Waals surface area contributed by atoms with Crippen LogP contribution >= 0.6 is 11.6 Å². The van der Waals surface area contributed by atoms with Crippen molar-refractivity contribution in [3.63, 3.8) is 0 Å². The van der Waals surface area contributed by atoms with Gasteiger partial charge in [-0.25, -0.2) is 0 Å². The van der Waals surface area contributed by atoms with Crippen LogP contribution in [0, 0.1) is 11.8 Å². The quantitative estimate of drug-likeness (QED) is 0.596. The zero-order chi connectivity index (χ0) is 20.6. The predicted molar refractivity (Wildman–Crippen MR) is 94.0 cm³/mol. The number of aliphatic hydroxyl groups is 1. The van der Waals surface area contributed by atoms with Crippen LogP contribution in [-0.2, 0) is 11.8 Å². The van der Waals surface area contributed by atoms with Crippen LogP contribution in [0.5, 0.6) is 0 Å². The first-order valence-electron chi connectivity index (χ1n) is 8.86. The third kappa shape index (κ3) is 2.98. The molecule has 0 spiro atoms. The SMILES string of the molecule is O=C(N[C@H]1[C@@H]2C[C@](O)(c3cc(Cl)cc4[nH]ncc34)C[C@@H]21)c1cc(C(F)(F)F)no1. The molecule has 1 aromatic carbocycles. The van der Waals surface area contributed by atoms with Gasteiger partial charge in [0.25, 0.3) is 5.91 Å². The van der Waals surface area contributed by atoms with E-state index in [-0.39, 0.29) is 17.9 Å². The monoisotopic (exact) mass is 426 g/mol. The summed E-state index contributed by atoms with van der Waals surface area (Å²) in [5.74, 6) is -1.23. The molecule has 0 unspecified atom stereocenters. The lowest BCUT2D eigenvalue weighted by atomic mass is 9.86. The zero-order valence-corrected chi connectivity index (χ0v) is 15.4. The molecule has 11 heteroatoms. The van der Waals surface area contributed by atoms with Crippen molar-refractivity contribution in [3.8, 4) is 0 Å². The molecule has 152 valence electrons. The molecule has 0 aliphatic heterocycles. The minimum atomic E-state index is -4.68. The molecule has 7 nitrogen and oxygen atoms in total. The number of carbonyl (C=O) groups excluding carboxylic acids is 1. The molecule has 2 aliphatic carbocycles. The van der Waals surface area contributed by atoms with E-state index in [1.807, 2.05) is 0 Å². The van der Waals surface area contributed by atoms with Gasteiger partial charge in [0.05, 0.1) is 17.3 Å². The number of alkyl halides is 3.